The van der Waals surface area contributed by atoms with Gasteiger partial charge in [0, 0.05) is 23.3 Å². The van der Waals surface area contributed by atoms with Crippen LogP contribution in [0.25, 0.3) is 0 Å². The van der Waals surface area contributed by atoms with Crippen molar-refractivity contribution < 1.29 is 14.5 Å². The van der Waals surface area contributed by atoms with Crippen LogP contribution in [0.1, 0.15) is 37.2 Å². The van der Waals surface area contributed by atoms with Gasteiger partial charge in [0.25, 0.3) is 0 Å². The summed E-state index contributed by atoms with van der Waals surface area (Å²) >= 11 is 0. The zero-order chi connectivity index (χ0) is 14.6. The molecule has 0 bridgehead atoms. The quantitative estimate of drug-likeness (QED) is 0.587. The topological polar surface area (TPSA) is 69.4 Å². The molecule has 0 unspecified atom stereocenters. The van der Waals surface area contributed by atoms with Crippen LogP contribution < -0.4 is 4.74 Å². The van der Waals surface area contributed by atoms with Crippen LogP contribution in [0, 0.1) is 16.0 Å². The summed E-state index contributed by atoms with van der Waals surface area (Å²) in [5.41, 5.74) is -0.383. The van der Waals surface area contributed by atoms with Crippen molar-refractivity contribution in [3.05, 3.63) is 51.8 Å². The smallest absolute Gasteiger partial charge is 0.246 e. The summed E-state index contributed by atoms with van der Waals surface area (Å²) in [7, 11) is 0. The molecule has 5 nitrogen and oxygen atoms in total. The molecule has 21 heavy (non-hydrogen) atoms. The number of carbonyl (C=O) groups is 1. The van der Waals surface area contributed by atoms with Gasteiger partial charge in [0.2, 0.25) is 5.54 Å². The first kappa shape index (κ1) is 12.6. The number of Topliss-reactive ketones (excluding diaryl/α,β-unsaturated/α-hetero) is 1. The molecule has 0 radical (unpaired) electrons. The molecule has 0 saturated heterocycles. The maximum Gasteiger partial charge on any atom is 0.246 e. The number of ether oxygens (including phenoxy) is 1. The molecule has 1 aromatic carbocycles. The Morgan fingerprint density at radius 2 is 2.14 bits per heavy atom. The molecule has 108 valence electrons. The predicted molar refractivity (Wildman–Crippen MR) is 74.6 cm³/mol. The van der Waals surface area contributed by atoms with Crippen LogP contribution >= 0.6 is 0 Å². The second-order valence-corrected chi connectivity index (χ2v) is 6.04. The zero-order valence-corrected chi connectivity index (χ0v) is 11.5. The standard InChI is InChI=1S/C16H15NO4/c18-12-5-3-9-16(17(19)20)11(12)7-8-14-15(16)10-4-1-2-6-13(10)21-14/h1-2,4,6,8,11,15H,3,5,7,9H2/t11-,15+,16-/m1/s1. The maximum absolute atomic E-state index is 12.3. The van der Waals surface area contributed by atoms with Crippen molar-refractivity contribution in [1.29, 1.82) is 0 Å². The molecule has 0 aromatic heterocycles. The van der Waals surface area contributed by atoms with Crippen LogP contribution in [-0.2, 0) is 4.79 Å². The summed E-state index contributed by atoms with van der Waals surface area (Å²) < 4.78 is 5.82. The Balaban J connectivity index is 1.94. The molecule has 1 aromatic rings. The van der Waals surface area contributed by atoms with Crippen molar-refractivity contribution in [2.75, 3.05) is 0 Å². The molecule has 1 fully saturated rings. The number of ketones is 1. The van der Waals surface area contributed by atoms with Gasteiger partial charge in [-0.25, -0.2) is 0 Å². The minimum Gasteiger partial charge on any atom is -0.461 e. The molecule has 1 heterocycles. The van der Waals surface area contributed by atoms with Gasteiger partial charge < -0.3 is 4.74 Å². The second-order valence-electron chi connectivity index (χ2n) is 6.04. The predicted octanol–water partition coefficient (Wildman–Crippen LogP) is 2.83. The van der Waals surface area contributed by atoms with Gasteiger partial charge in [-0.2, -0.15) is 0 Å². The second kappa shape index (κ2) is 4.16. The van der Waals surface area contributed by atoms with E-state index in [2.05, 4.69) is 0 Å². The van der Waals surface area contributed by atoms with Gasteiger partial charge in [-0.3, -0.25) is 14.9 Å². The first-order valence-electron chi connectivity index (χ1n) is 7.28. The van der Waals surface area contributed by atoms with Crippen molar-refractivity contribution in [3.8, 4) is 5.75 Å². The number of fused-ring (bicyclic) bond motifs is 5. The fraction of sp³-hybridized carbons (Fsp3) is 0.438. The minimum atomic E-state index is -1.23. The van der Waals surface area contributed by atoms with E-state index < -0.39 is 17.4 Å². The van der Waals surface area contributed by atoms with Gasteiger partial charge in [-0.1, -0.05) is 18.2 Å². The molecule has 2 aliphatic carbocycles. The molecular formula is C16H15NO4. The summed E-state index contributed by atoms with van der Waals surface area (Å²) in [6, 6.07) is 7.45. The Morgan fingerprint density at radius 1 is 1.33 bits per heavy atom. The molecule has 0 N–H and O–H groups in total. The number of hydrogen-bond acceptors (Lipinski definition) is 4. The lowest BCUT2D eigenvalue weighted by molar-refractivity contribution is -0.585. The Labute approximate surface area is 121 Å². The average molecular weight is 285 g/mol. The van der Waals surface area contributed by atoms with Crippen LogP contribution in [0.5, 0.6) is 5.75 Å². The third-order valence-corrected chi connectivity index (χ3v) is 5.13. The summed E-state index contributed by atoms with van der Waals surface area (Å²) in [4.78, 5) is 24.0. The monoisotopic (exact) mass is 285 g/mol. The number of hydrogen-bond donors (Lipinski definition) is 0. The lowest BCUT2D eigenvalue weighted by atomic mass is 9.60. The maximum atomic E-state index is 12.3. The number of rotatable bonds is 1. The fourth-order valence-electron chi connectivity index (χ4n) is 4.24. The van der Waals surface area contributed by atoms with Crippen LogP contribution in [0.2, 0.25) is 0 Å². The number of nitro groups is 1. The zero-order valence-electron chi connectivity index (χ0n) is 11.5. The molecule has 4 rings (SSSR count). The van der Waals surface area contributed by atoms with Gasteiger partial charge in [0.1, 0.15) is 23.2 Å². The molecule has 3 atom stereocenters. The number of para-hydroxylation sites is 1. The Hall–Kier alpha value is -2.17. The van der Waals surface area contributed by atoms with Crippen molar-refractivity contribution in [1.82, 2.24) is 0 Å². The van der Waals surface area contributed by atoms with Crippen molar-refractivity contribution in [2.24, 2.45) is 5.92 Å². The van der Waals surface area contributed by atoms with Gasteiger partial charge in [-0.05, 0) is 25.0 Å². The lowest BCUT2D eigenvalue weighted by Crippen LogP contribution is -2.57. The minimum absolute atomic E-state index is 0.0256. The van der Waals surface area contributed by atoms with Crippen LogP contribution in [0.4, 0.5) is 0 Å². The highest BCUT2D eigenvalue weighted by Crippen LogP contribution is 2.57. The van der Waals surface area contributed by atoms with Crippen LogP contribution in [-0.4, -0.2) is 16.2 Å². The third-order valence-electron chi connectivity index (χ3n) is 5.13. The van der Waals surface area contributed by atoms with E-state index in [1.165, 1.54) is 0 Å². The highest BCUT2D eigenvalue weighted by atomic mass is 16.6. The van der Waals surface area contributed by atoms with Crippen molar-refractivity contribution in [2.45, 2.75) is 37.1 Å². The van der Waals surface area contributed by atoms with Gasteiger partial charge in [-0.15, -0.1) is 0 Å². The third kappa shape index (κ3) is 1.49. The molecule has 0 spiro atoms. The Kier molecular flexibility index (Phi) is 2.49. The molecule has 5 heteroatoms. The number of carbonyl (C=O) groups excluding carboxylic acids is 1. The first-order valence-corrected chi connectivity index (χ1v) is 7.28. The number of allylic oxidation sites excluding steroid dienone is 1. The number of nitrogens with zero attached hydrogens (tertiary/aromatic N) is 1. The fourth-order valence-corrected chi connectivity index (χ4v) is 4.24. The van der Waals surface area contributed by atoms with E-state index in [1.807, 2.05) is 30.3 Å². The van der Waals surface area contributed by atoms with E-state index in [-0.39, 0.29) is 10.7 Å². The van der Waals surface area contributed by atoms with E-state index in [4.69, 9.17) is 4.74 Å². The highest BCUT2D eigenvalue weighted by molar-refractivity contribution is 5.84. The number of benzene rings is 1. The Morgan fingerprint density at radius 3 is 2.95 bits per heavy atom. The Bertz CT molecular complexity index is 681. The first-order chi connectivity index (χ1) is 10.1. The highest BCUT2D eigenvalue weighted by Gasteiger charge is 2.65. The molecule has 0 amide bonds. The van der Waals surface area contributed by atoms with E-state index in [9.17, 15) is 14.9 Å². The molecule has 1 aliphatic heterocycles. The largest absolute Gasteiger partial charge is 0.461 e. The summed E-state index contributed by atoms with van der Waals surface area (Å²) in [5, 5.41) is 12.0. The molecule has 1 saturated carbocycles. The van der Waals surface area contributed by atoms with Gasteiger partial charge in [0.05, 0.1) is 5.92 Å². The lowest BCUT2D eigenvalue weighted by Gasteiger charge is -2.41. The van der Waals surface area contributed by atoms with Gasteiger partial charge in [0.15, 0.2) is 0 Å². The SMILES string of the molecule is O=C1CCC[C@@]2([N+](=O)[O-])[C@@H]1CC=C1Oc3ccccc3[C@@H]12. The van der Waals surface area contributed by atoms with Crippen molar-refractivity contribution in [3.63, 3.8) is 0 Å². The average Bonchev–Trinajstić information content (AvgIpc) is 2.86. The van der Waals surface area contributed by atoms with E-state index in [1.54, 1.807) is 0 Å². The summed E-state index contributed by atoms with van der Waals surface area (Å²) in [5.74, 6) is 0.418. The summed E-state index contributed by atoms with van der Waals surface area (Å²) in [6.45, 7) is 0. The van der Waals surface area contributed by atoms with Crippen LogP contribution in [0.3, 0.4) is 0 Å². The van der Waals surface area contributed by atoms with E-state index in [0.717, 1.165) is 5.56 Å². The van der Waals surface area contributed by atoms with E-state index in [0.29, 0.717) is 37.2 Å². The molecule has 3 aliphatic rings. The van der Waals surface area contributed by atoms with Crippen LogP contribution in [0.15, 0.2) is 36.1 Å². The molecular weight excluding hydrogens is 270 g/mol. The summed E-state index contributed by atoms with van der Waals surface area (Å²) in [6.07, 6.45) is 3.77. The van der Waals surface area contributed by atoms with E-state index >= 15 is 0 Å². The van der Waals surface area contributed by atoms with Gasteiger partial charge >= 0.3 is 0 Å². The normalized spacial score (nSPS) is 33.3. The van der Waals surface area contributed by atoms with Crippen molar-refractivity contribution >= 4 is 5.78 Å².